The highest BCUT2D eigenvalue weighted by molar-refractivity contribution is 7.99. The lowest BCUT2D eigenvalue weighted by Gasteiger charge is -2.02. The fourth-order valence-electron chi connectivity index (χ4n) is 1.43. The Morgan fingerprint density at radius 3 is 1.88 bits per heavy atom. The maximum absolute atomic E-state index is 10.9. The second-order valence-corrected chi connectivity index (χ2v) is 4.95. The summed E-state index contributed by atoms with van der Waals surface area (Å²) in [7, 11) is 0. The van der Waals surface area contributed by atoms with Gasteiger partial charge in [-0.05, 0) is 43.3 Å². The van der Waals surface area contributed by atoms with Gasteiger partial charge in [0.1, 0.15) is 0 Å². The Kier molecular flexibility index (Phi) is 3.49. The fourth-order valence-corrected chi connectivity index (χ4v) is 2.25. The number of rotatable bonds is 3. The SMILES string of the molecule is Cc1ccc(Sc2ccc(C(N)=O)cc2)cc1. The summed E-state index contributed by atoms with van der Waals surface area (Å²) < 4.78 is 0. The van der Waals surface area contributed by atoms with Crippen molar-refractivity contribution in [2.75, 3.05) is 0 Å². The Morgan fingerprint density at radius 2 is 1.41 bits per heavy atom. The molecule has 0 unspecified atom stereocenters. The highest BCUT2D eigenvalue weighted by atomic mass is 32.2. The quantitative estimate of drug-likeness (QED) is 0.899. The van der Waals surface area contributed by atoms with Crippen LogP contribution >= 0.6 is 11.8 Å². The van der Waals surface area contributed by atoms with Crippen molar-refractivity contribution >= 4 is 17.7 Å². The number of benzene rings is 2. The molecule has 0 bridgehead atoms. The lowest BCUT2D eigenvalue weighted by molar-refractivity contribution is 0.100. The average Bonchev–Trinajstić information content (AvgIpc) is 2.33. The Balaban J connectivity index is 2.13. The number of carbonyl (C=O) groups is 1. The molecule has 0 aliphatic rings. The van der Waals surface area contributed by atoms with E-state index in [0.29, 0.717) is 5.56 Å². The third-order valence-corrected chi connectivity index (χ3v) is 3.41. The maximum atomic E-state index is 10.9. The van der Waals surface area contributed by atoms with E-state index < -0.39 is 5.91 Å². The average molecular weight is 243 g/mol. The van der Waals surface area contributed by atoms with E-state index in [1.165, 1.54) is 10.5 Å². The van der Waals surface area contributed by atoms with Crippen molar-refractivity contribution in [3.05, 3.63) is 59.7 Å². The summed E-state index contributed by atoms with van der Waals surface area (Å²) in [5, 5.41) is 0. The summed E-state index contributed by atoms with van der Waals surface area (Å²) in [6.07, 6.45) is 0. The molecule has 0 radical (unpaired) electrons. The third-order valence-electron chi connectivity index (χ3n) is 2.40. The largest absolute Gasteiger partial charge is 0.366 e. The zero-order valence-electron chi connectivity index (χ0n) is 9.51. The van der Waals surface area contributed by atoms with Crippen LogP contribution in [0.2, 0.25) is 0 Å². The van der Waals surface area contributed by atoms with Gasteiger partial charge < -0.3 is 5.73 Å². The highest BCUT2D eigenvalue weighted by Crippen LogP contribution is 2.27. The molecule has 0 aromatic heterocycles. The van der Waals surface area contributed by atoms with Crippen LogP contribution < -0.4 is 5.73 Å². The van der Waals surface area contributed by atoms with E-state index in [9.17, 15) is 4.79 Å². The van der Waals surface area contributed by atoms with Gasteiger partial charge in [0.15, 0.2) is 0 Å². The summed E-state index contributed by atoms with van der Waals surface area (Å²) in [6, 6.07) is 15.6. The lowest BCUT2D eigenvalue weighted by atomic mass is 10.2. The van der Waals surface area contributed by atoms with E-state index in [-0.39, 0.29) is 0 Å². The summed E-state index contributed by atoms with van der Waals surface area (Å²) >= 11 is 1.66. The minimum absolute atomic E-state index is 0.392. The first-order valence-corrected chi connectivity index (χ1v) is 6.11. The van der Waals surface area contributed by atoms with Crippen molar-refractivity contribution in [1.82, 2.24) is 0 Å². The number of hydrogen-bond donors (Lipinski definition) is 1. The molecular formula is C14H13NOS. The number of primary amides is 1. The molecule has 0 saturated heterocycles. The Labute approximate surface area is 105 Å². The summed E-state index contributed by atoms with van der Waals surface area (Å²) in [6.45, 7) is 2.07. The first-order valence-electron chi connectivity index (χ1n) is 5.29. The maximum Gasteiger partial charge on any atom is 0.248 e. The van der Waals surface area contributed by atoms with Gasteiger partial charge in [0.25, 0.3) is 0 Å². The van der Waals surface area contributed by atoms with E-state index >= 15 is 0 Å². The minimum atomic E-state index is -0.392. The number of amides is 1. The van der Waals surface area contributed by atoms with Crippen LogP contribution in [-0.2, 0) is 0 Å². The molecule has 0 fully saturated rings. The normalized spacial score (nSPS) is 10.2. The van der Waals surface area contributed by atoms with Gasteiger partial charge in [-0.3, -0.25) is 4.79 Å². The molecule has 2 aromatic carbocycles. The molecule has 0 spiro atoms. The molecule has 0 aliphatic heterocycles. The van der Waals surface area contributed by atoms with E-state index in [4.69, 9.17) is 5.73 Å². The minimum Gasteiger partial charge on any atom is -0.366 e. The summed E-state index contributed by atoms with van der Waals surface area (Å²) in [4.78, 5) is 13.2. The molecule has 2 aromatic rings. The topological polar surface area (TPSA) is 43.1 Å². The highest BCUT2D eigenvalue weighted by Gasteiger charge is 2.01. The van der Waals surface area contributed by atoms with Gasteiger partial charge in [0.05, 0.1) is 0 Å². The van der Waals surface area contributed by atoms with Crippen molar-refractivity contribution in [1.29, 1.82) is 0 Å². The standard InChI is InChI=1S/C14H13NOS/c1-10-2-6-12(7-3-10)17-13-8-4-11(5-9-13)14(15)16/h2-9H,1H3,(H2,15,16). The number of aryl methyl sites for hydroxylation is 1. The third kappa shape index (κ3) is 3.11. The molecule has 3 heteroatoms. The van der Waals surface area contributed by atoms with Gasteiger partial charge in [-0.15, -0.1) is 0 Å². The van der Waals surface area contributed by atoms with Crippen LogP contribution in [0.25, 0.3) is 0 Å². The Morgan fingerprint density at radius 1 is 0.941 bits per heavy atom. The van der Waals surface area contributed by atoms with E-state index in [1.807, 2.05) is 12.1 Å². The zero-order valence-corrected chi connectivity index (χ0v) is 10.3. The van der Waals surface area contributed by atoms with Crippen LogP contribution in [0.15, 0.2) is 58.3 Å². The molecule has 0 aliphatic carbocycles. The first-order chi connectivity index (χ1) is 8.15. The molecule has 2 nitrogen and oxygen atoms in total. The van der Waals surface area contributed by atoms with E-state index in [1.54, 1.807) is 23.9 Å². The van der Waals surface area contributed by atoms with Crippen LogP contribution in [0, 0.1) is 6.92 Å². The van der Waals surface area contributed by atoms with Crippen LogP contribution in [-0.4, -0.2) is 5.91 Å². The first kappa shape index (κ1) is 11.7. The predicted octanol–water partition coefficient (Wildman–Crippen LogP) is 3.25. The zero-order chi connectivity index (χ0) is 12.3. The smallest absolute Gasteiger partial charge is 0.248 e. The van der Waals surface area contributed by atoms with Crippen LogP contribution in [0.3, 0.4) is 0 Å². The molecule has 86 valence electrons. The van der Waals surface area contributed by atoms with Gasteiger partial charge in [0, 0.05) is 15.4 Å². The summed E-state index contributed by atoms with van der Waals surface area (Å²) in [5.41, 5.74) is 6.98. The van der Waals surface area contributed by atoms with Gasteiger partial charge >= 0.3 is 0 Å². The van der Waals surface area contributed by atoms with Crippen molar-refractivity contribution in [3.63, 3.8) is 0 Å². The van der Waals surface area contributed by atoms with E-state index in [2.05, 4.69) is 31.2 Å². The summed E-state index contributed by atoms with van der Waals surface area (Å²) in [5.74, 6) is -0.392. The van der Waals surface area contributed by atoms with Crippen LogP contribution in [0.5, 0.6) is 0 Å². The molecule has 2 N–H and O–H groups in total. The van der Waals surface area contributed by atoms with Crippen LogP contribution in [0.4, 0.5) is 0 Å². The van der Waals surface area contributed by atoms with Crippen LogP contribution in [0.1, 0.15) is 15.9 Å². The van der Waals surface area contributed by atoms with Crippen molar-refractivity contribution in [3.8, 4) is 0 Å². The molecule has 0 heterocycles. The van der Waals surface area contributed by atoms with Gasteiger partial charge in [0.2, 0.25) is 5.91 Å². The number of hydrogen-bond acceptors (Lipinski definition) is 2. The van der Waals surface area contributed by atoms with Gasteiger partial charge in [-0.1, -0.05) is 29.5 Å². The molecular weight excluding hydrogens is 230 g/mol. The molecule has 2 rings (SSSR count). The van der Waals surface area contributed by atoms with Gasteiger partial charge in [-0.2, -0.15) is 0 Å². The van der Waals surface area contributed by atoms with E-state index in [0.717, 1.165) is 4.90 Å². The Hall–Kier alpha value is -1.74. The lowest BCUT2D eigenvalue weighted by Crippen LogP contribution is -2.10. The van der Waals surface area contributed by atoms with Crippen molar-refractivity contribution < 1.29 is 4.79 Å². The van der Waals surface area contributed by atoms with Crippen molar-refractivity contribution in [2.45, 2.75) is 16.7 Å². The second kappa shape index (κ2) is 5.06. The Bertz CT molecular complexity index is 517. The van der Waals surface area contributed by atoms with Crippen molar-refractivity contribution in [2.24, 2.45) is 5.73 Å². The molecule has 0 atom stereocenters. The van der Waals surface area contributed by atoms with Gasteiger partial charge in [-0.25, -0.2) is 0 Å². The molecule has 17 heavy (non-hydrogen) atoms. The number of nitrogens with two attached hydrogens (primary N) is 1. The molecule has 0 saturated carbocycles. The monoisotopic (exact) mass is 243 g/mol. The number of carbonyl (C=O) groups excluding carboxylic acids is 1. The molecule has 1 amide bonds. The fraction of sp³-hybridized carbons (Fsp3) is 0.0714. The second-order valence-electron chi connectivity index (χ2n) is 3.80. The predicted molar refractivity (Wildman–Crippen MR) is 70.3 cm³/mol.